The molecule has 0 spiro atoms. The first-order chi connectivity index (χ1) is 16.8. The van der Waals surface area contributed by atoms with Crippen molar-refractivity contribution in [1.29, 1.82) is 0 Å². The van der Waals surface area contributed by atoms with Gasteiger partial charge in [0.25, 0.3) is 5.91 Å². The molecule has 2 aromatic rings. The van der Waals surface area contributed by atoms with Crippen molar-refractivity contribution in [2.75, 3.05) is 5.32 Å². The third kappa shape index (κ3) is 6.56. The number of alkyl carbamates (subject to hydrolysis) is 1. The van der Waals surface area contributed by atoms with E-state index in [0.29, 0.717) is 11.3 Å². The molecule has 1 aliphatic rings. The van der Waals surface area contributed by atoms with Crippen LogP contribution in [0.4, 0.5) is 10.5 Å². The lowest BCUT2D eigenvalue weighted by atomic mass is 10.0. The molecule has 4 unspecified atom stereocenters. The average molecular weight is 496 g/mol. The van der Waals surface area contributed by atoms with E-state index in [-0.39, 0.29) is 29.5 Å². The fourth-order valence-corrected chi connectivity index (χ4v) is 4.24. The number of hydrogen-bond donors (Lipinski definition) is 3. The third-order valence-electron chi connectivity index (χ3n) is 6.25. The summed E-state index contributed by atoms with van der Waals surface area (Å²) in [6.45, 7) is 12.7. The number of rotatable bonds is 7. The van der Waals surface area contributed by atoms with Gasteiger partial charge in [0.15, 0.2) is 0 Å². The molecule has 2 aromatic carbocycles. The Morgan fingerprint density at radius 3 is 2.11 bits per heavy atom. The van der Waals surface area contributed by atoms with Gasteiger partial charge in [-0.25, -0.2) is 4.79 Å². The number of hydrogen-bond acceptors (Lipinski definition) is 5. The molecule has 4 atom stereocenters. The Labute approximate surface area is 213 Å². The molecule has 36 heavy (non-hydrogen) atoms. The summed E-state index contributed by atoms with van der Waals surface area (Å²) in [5.41, 5.74) is 2.36. The van der Waals surface area contributed by atoms with Gasteiger partial charge in [-0.15, -0.1) is 0 Å². The monoisotopic (exact) mass is 495 g/mol. The van der Waals surface area contributed by atoms with Crippen LogP contribution in [0.1, 0.15) is 63.8 Å². The zero-order chi connectivity index (χ0) is 26.8. The number of aromatic hydroxyl groups is 1. The fourth-order valence-electron chi connectivity index (χ4n) is 4.24. The van der Waals surface area contributed by atoms with Gasteiger partial charge in [-0.1, -0.05) is 37.3 Å². The second-order valence-corrected chi connectivity index (χ2v) is 10.6. The maximum Gasteiger partial charge on any atom is 0.408 e. The number of ether oxygens (including phenoxy) is 1. The minimum Gasteiger partial charge on any atom is -0.508 e. The van der Waals surface area contributed by atoms with Crippen molar-refractivity contribution in [1.82, 2.24) is 10.2 Å². The fraction of sp³-hybridized carbons (Fsp3) is 0.464. The molecule has 194 valence electrons. The number of phenols is 1. The number of carbonyl (C=O) groups is 3. The summed E-state index contributed by atoms with van der Waals surface area (Å²) in [4.78, 5) is 41.5. The Morgan fingerprint density at radius 2 is 1.61 bits per heavy atom. The number of aryl methyl sites for hydroxylation is 2. The lowest BCUT2D eigenvalue weighted by Crippen LogP contribution is -2.52. The van der Waals surface area contributed by atoms with Crippen molar-refractivity contribution in [3.05, 3.63) is 59.2 Å². The van der Waals surface area contributed by atoms with Crippen LogP contribution in [0, 0.1) is 19.8 Å². The van der Waals surface area contributed by atoms with E-state index in [4.69, 9.17) is 4.74 Å². The highest BCUT2D eigenvalue weighted by atomic mass is 16.6. The van der Waals surface area contributed by atoms with Crippen LogP contribution in [0.15, 0.2) is 42.5 Å². The predicted octanol–water partition coefficient (Wildman–Crippen LogP) is 4.84. The molecule has 1 aliphatic carbocycles. The van der Waals surface area contributed by atoms with Crippen LogP contribution in [0.5, 0.6) is 5.75 Å². The highest BCUT2D eigenvalue weighted by molar-refractivity contribution is 6.00. The van der Waals surface area contributed by atoms with Crippen LogP contribution in [0.2, 0.25) is 0 Å². The lowest BCUT2D eigenvalue weighted by Gasteiger charge is -2.34. The minimum absolute atomic E-state index is 0.0604. The van der Waals surface area contributed by atoms with E-state index in [2.05, 4.69) is 10.6 Å². The number of benzene rings is 2. The summed E-state index contributed by atoms with van der Waals surface area (Å²) >= 11 is 0. The summed E-state index contributed by atoms with van der Waals surface area (Å²) in [7, 11) is 0. The van der Waals surface area contributed by atoms with Crippen molar-refractivity contribution in [2.45, 2.75) is 78.6 Å². The second kappa shape index (κ2) is 10.6. The molecule has 3 N–H and O–H groups in total. The third-order valence-corrected chi connectivity index (χ3v) is 6.25. The summed E-state index contributed by atoms with van der Waals surface area (Å²) in [5, 5.41) is 15.5. The summed E-state index contributed by atoms with van der Waals surface area (Å²) in [6, 6.07) is 9.98. The first-order valence-electron chi connectivity index (χ1n) is 12.3. The van der Waals surface area contributed by atoms with Gasteiger partial charge < -0.3 is 25.4 Å². The van der Waals surface area contributed by atoms with Gasteiger partial charge in [0.2, 0.25) is 5.91 Å². The Bertz CT molecular complexity index is 1100. The quantitative estimate of drug-likeness (QED) is 0.509. The van der Waals surface area contributed by atoms with E-state index in [0.717, 1.165) is 17.5 Å². The van der Waals surface area contributed by atoms with Crippen molar-refractivity contribution < 1.29 is 24.2 Å². The summed E-state index contributed by atoms with van der Waals surface area (Å²) < 4.78 is 5.32. The molecule has 0 bridgehead atoms. The number of para-hydroxylation sites is 1. The minimum atomic E-state index is -0.963. The molecule has 0 heterocycles. The molecular formula is C28H37N3O5. The van der Waals surface area contributed by atoms with Crippen molar-refractivity contribution in [2.24, 2.45) is 5.92 Å². The van der Waals surface area contributed by atoms with E-state index in [1.807, 2.05) is 39.0 Å². The number of amides is 3. The topological polar surface area (TPSA) is 108 Å². The van der Waals surface area contributed by atoms with E-state index in [1.54, 1.807) is 44.7 Å². The van der Waals surface area contributed by atoms with Crippen LogP contribution < -0.4 is 10.6 Å². The van der Waals surface area contributed by atoms with Gasteiger partial charge in [0, 0.05) is 11.7 Å². The smallest absolute Gasteiger partial charge is 0.408 e. The Kier molecular flexibility index (Phi) is 7.96. The Hall–Kier alpha value is -3.55. The van der Waals surface area contributed by atoms with Gasteiger partial charge in [-0.3, -0.25) is 9.59 Å². The number of anilines is 1. The molecule has 0 aliphatic heterocycles. The predicted molar refractivity (Wildman–Crippen MR) is 139 cm³/mol. The van der Waals surface area contributed by atoms with Gasteiger partial charge in [0.05, 0.1) is 0 Å². The Morgan fingerprint density at radius 1 is 1.06 bits per heavy atom. The molecule has 3 amide bonds. The molecule has 3 rings (SSSR count). The second-order valence-electron chi connectivity index (χ2n) is 10.6. The average Bonchev–Trinajstić information content (AvgIpc) is 3.49. The van der Waals surface area contributed by atoms with E-state index in [1.165, 1.54) is 12.1 Å². The van der Waals surface area contributed by atoms with Gasteiger partial charge >= 0.3 is 6.09 Å². The van der Waals surface area contributed by atoms with Crippen LogP contribution in [0.25, 0.3) is 0 Å². The van der Waals surface area contributed by atoms with E-state index >= 15 is 0 Å². The lowest BCUT2D eigenvalue weighted by molar-refractivity contribution is -0.141. The van der Waals surface area contributed by atoms with Gasteiger partial charge in [-0.05, 0) is 82.7 Å². The zero-order valence-corrected chi connectivity index (χ0v) is 22.1. The number of nitrogens with one attached hydrogen (secondary N) is 2. The molecule has 8 nitrogen and oxygen atoms in total. The largest absolute Gasteiger partial charge is 0.508 e. The standard InChI is InChI=1S/C28H37N3O5/c1-16-9-8-10-17(2)23(16)30-25(33)24(20-11-13-21(32)14-12-20)31(22-15-18(22)3)26(34)19(4)29-27(35)36-28(5,6)7/h8-14,18-19,22,24,32H,15H2,1-7H3,(H,29,35)(H,30,33). The molecule has 1 fully saturated rings. The molecule has 1 saturated carbocycles. The van der Waals surface area contributed by atoms with Crippen LogP contribution >= 0.6 is 0 Å². The maximum absolute atomic E-state index is 13.8. The van der Waals surface area contributed by atoms with Crippen LogP contribution in [0.3, 0.4) is 0 Å². The van der Waals surface area contributed by atoms with Crippen molar-refractivity contribution in [3.8, 4) is 5.75 Å². The summed E-state index contributed by atoms with van der Waals surface area (Å²) in [6.07, 6.45) is 0.0456. The van der Waals surface area contributed by atoms with Crippen molar-refractivity contribution >= 4 is 23.6 Å². The molecular weight excluding hydrogens is 458 g/mol. The normalized spacial score (nSPS) is 18.5. The Balaban J connectivity index is 1.97. The summed E-state index contributed by atoms with van der Waals surface area (Å²) in [5.74, 6) is -0.486. The molecule has 0 saturated heterocycles. The van der Waals surface area contributed by atoms with E-state index in [9.17, 15) is 19.5 Å². The highest BCUT2D eigenvalue weighted by Crippen LogP contribution is 2.41. The highest BCUT2D eigenvalue weighted by Gasteiger charge is 2.47. The first kappa shape index (κ1) is 27.0. The van der Waals surface area contributed by atoms with Gasteiger partial charge in [-0.2, -0.15) is 0 Å². The number of phenolic OH excluding ortho intramolecular Hbond substituents is 1. The van der Waals surface area contributed by atoms with Crippen LogP contribution in [-0.2, 0) is 14.3 Å². The number of nitrogens with zero attached hydrogens (tertiary/aromatic N) is 1. The van der Waals surface area contributed by atoms with Gasteiger partial charge in [0.1, 0.15) is 23.4 Å². The zero-order valence-electron chi connectivity index (χ0n) is 22.1. The molecule has 8 heteroatoms. The molecule has 0 radical (unpaired) electrons. The van der Waals surface area contributed by atoms with Crippen molar-refractivity contribution in [3.63, 3.8) is 0 Å². The SMILES string of the molecule is Cc1cccc(C)c1NC(=O)C(c1ccc(O)cc1)N(C(=O)C(C)NC(=O)OC(C)(C)C)C1CC1C. The number of carbonyl (C=O) groups excluding carboxylic acids is 3. The first-order valence-corrected chi connectivity index (χ1v) is 12.3. The van der Waals surface area contributed by atoms with E-state index < -0.39 is 23.8 Å². The maximum atomic E-state index is 13.8. The molecule has 0 aromatic heterocycles. The van der Waals surface area contributed by atoms with Crippen LogP contribution in [-0.4, -0.2) is 45.6 Å².